The molecular weight excluding hydrogens is 286 g/mol. The second-order valence-electron chi connectivity index (χ2n) is 4.83. The highest BCUT2D eigenvalue weighted by atomic mass is 35.5. The second kappa shape index (κ2) is 6.99. The lowest BCUT2D eigenvalue weighted by molar-refractivity contribution is -0.788. The number of guanidine groups is 1. The molecular formula is C16H18ClN3O. The molecule has 0 saturated carbocycles. The summed E-state index contributed by atoms with van der Waals surface area (Å²) < 4.78 is 1.22. The van der Waals surface area contributed by atoms with E-state index < -0.39 is 0 Å². The second-order valence-corrected chi connectivity index (χ2v) is 4.83. The zero-order chi connectivity index (χ0) is 13.8. The van der Waals surface area contributed by atoms with Gasteiger partial charge in [0.2, 0.25) is 0 Å². The van der Waals surface area contributed by atoms with Gasteiger partial charge in [-0.2, -0.15) is 0 Å². The molecule has 4 nitrogen and oxygen atoms in total. The predicted molar refractivity (Wildman–Crippen MR) is 78.6 cm³/mol. The largest absolute Gasteiger partial charge is 1.00 e. The van der Waals surface area contributed by atoms with E-state index in [2.05, 4.69) is 34.9 Å². The maximum atomic E-state index is 10.0. The number of hydrogen-bond donors (Lipinski definition) is 3. The van der Waals surface area contributed by atoms with Gasteiger partial charge in [-0.05, 0) is 22.8 Å². The Morgan fingerprint density at radius 3 is 2.29 bits per heavy atom. The third-order valence-electron chi connectivity index (χ3n) is 3.33. The molecule has 0 aliphatic carbocycles. The molecule has 3 rings (SSSR count). The summed E-state index contributed by atoms with van der Waals surface area (Å²) in [6, 6.07) is 18.5. The lowest BCUT2D eigenvalue weighted by Gasteiger charge is -2.06. The first-order chi connectivity index (χ1) is 9.83. The van der Waals surface area contributed by atoms with Crippen LogP contribution in [0.2, 0.25) is 0 Å². The Hall–Kier alpha value is -2.20. The van der Waals surface area contributed by atoms with Crippen LogP contribution in [0.1, 0.15) is 5.56 Å². The van der Waals surface area contributed by atoms with Crippen LogP contribution in [-0.4, -0.2) is 29.0 Å². The molecule has 2 aromatic rings. The van der Waals surface area contributed by atoms with Gasteiger partial charge in [0.15, 0.2) is 0 Å². The van der Waals surface area contributed by atoms with Gasteiger partial charge in [0.25, 0.3) is 0 Å². The normalized spacial score (nSPS) is 13.0. The van der Waals surface area contributed by atoms with Crippen molar-refractivity contribution in [3.8, 4) is 11.1 Å². The number of nitrogens with zero attached hydrogens (tertiary/aromatic N) is 1. The van der Waals surface area contributed by atoms with Gasteiger partial charge in [-0.15, -0.1) is 0 Å². The van der Waals surface area contributed by atoms with Crippen LogP contribution in [0.15, 0.2) is 54.6 Å². The fourth-order valence-corrected chi connectivity index (χ4v) is 2.34. The van der Waals surface area contributed by atoms with Crippen molar-refractivity contribution in [3.63, 3.8) is 0 Å². The number of benzene rings is 2. The summed E-state index contributed by atoms with van der Waals surface area (Å²) in [5.74, 6) is 0.676. The Balaban J connectivity index is 0.00000161. The van der Waals surface area contributed by atoms with E-state index in [4.69, 9.17) is 0 Å². The minimum atomic E-state index is 0. The molecule has 0 bridgehead atoms. The van der Waals surface area contributed by atoms with Crippen molar-refractivity contribution >= 4 is 5.96 Å². The quantitative estimate of drug-likeness (QED) is 0.380. The Morgan fingerprint density at radius 1 is 0.905 bits per heavy atom. The van der Waals surface area contributed by atoms with Crippen molar-refractivity contribution < 1.29 is 22.4 Å². The van der Waals surface area contributed by atoms with Gasteiger partial charge in [-0.1, -0.05) is 53.3 Å². The van der Waals surface area contributed by atoms with Gasteiger partial charge in [-0.25, -0.2) is 0 Å². The highest BCUT2D eigenvalue weighted by Crippen LogP contribution is 2.20. The lowest BCUT2D eigenvalue weighted by atomic mass is 10.0. The van der Waals surface area contributed by atoms with E-state index in [0.717, 1.165) is 24.2 Å². The zero-order valence-corrected chi connectivity index (χ0v) is 12.3. The van der Waals surface area contributed by atoms with E-state index in [1.165, 1.54) is 10.3 Å². The molecule has 0 radical (unpaired) electrons. The molecule has 0 unspecified atom stereocenters. The molecule has 21 heavy (non-hydrogen) atoms. The molecule has 0 amide bonds. The van der Waals surface area contributed by atoms with Crippen molar-refractivity contribution in [3.05, 3.63) is 60.2 Å². The van der Waals surface area contributed by atoms with Gasteiger partial charge in [0, 0.05) is 0 Å². The number of rotatable bonds is 3. The maximum Gasteiger partial charge on any atom is 0.382 e. The first-order valence-electron chi connectivity index (χ1n) is 6.78. The average molecular weight is 304 g/mol. The summed E-state index contributed by atoms with van der Waals surface area (Å²) in [4.78, 5) is 0. The molecule has 110 valence electrons. The van der Waals surface area contributed by atoms with Crippen molar-refractivity contribution in [2.75, 3.05) is 13.1 Å². The predicted octanol–water partition coefficient (Wildman–Crippen LogP) is -1.19. The zero-order valence-electron chi connectivity index (χ0n) is 11.6. The number of nitrogens with one attached hydrogen (secondary N) is 2. The Kier molecular flexibility index (Phi) is 5.06. The van der Waals surface area contributed by atoms with Crippen molar-refractivity contribution in [1.82, 2.24) is 10.6 Å². The Morgan fingerprint density at radius 2 is 1.57 bits per heavy atom. The van der Waals surface area contributed by atoms with Crippen molar-refractivity contribution in [2.24, 2.45) is 0 Å². The number of hydrogen-bond acceptors (Lipinski definition) is 1. The molecule has 0 aromatic heterocycles. The molecule has 2 aromatic carbocycles. The molecule has 1 aliphatic heterocycles. The van der Waals surface area contributed by atoms with E-state index >= 15 is 0 Å². The smallest absolute Gasteiger partial charge is 0.382 e. The molecule has 0 spiro atoms. The third-order valence-corrected chi connectivity index (χ3v) is 3.33. The summed E-state index contributed by atoms with van der Waals surface area (Å²) in [5, 5.41) is 16.2. The minimum absolute atomic E-state index is 0. The molecule has 1 aliphatic rings. The van der Waals surface area contributed by atoms with Gasteiger partial charge in [0.05, 0.1) is 13.1 Å². The van der Waals surface area contributed by atoms with Crippen LogP contribution < -0.4 is 23.0 Å². The minimum Gasteiger partial charge on any atom is -1.00 e. The summed E-state index contributed by atoms with van der Waals surface area (Å²) in [7, 11) is 0. The van der Waals surface area contributed by atoms with E-state index in [-0.39, 0.29) is 12.4 Å². The molecule has 1 heterocycles. The Labute approximate surface area is 130 Å². The van der Waals surface area contributed by atoms with Gasteiger partial charge in [0.1, 0.15) is 6.54 Å². The molecule has 1 saturated heterocycles. The lowest BCUT2D eigenvalue weighted by Crippen LogP contribution is -3.00. The van der Waals surface area contributed by atoms with Crippen LogP contribution in [-0.2, 0) is 6.54 Å². The third kappa shape index (κ3) is 3.67. The van der Waals surface area contributed by atoms with Gasteiger partial charge < -0.3 is 17.6 Å². The van der Waals surface area contributed by atoms with Crippen LogP contribution in [0.4, 0.5) is 0 Å². The summed E-state index contributed by atoms with van der Waals surface area (Å²) in [6.07, 6.45) is 0. The van der Waals surface area contributed by atoms with E-state index in [0.29, 0.717) is 12.5 Å². The topological polar surface area (TPSA) is 47.3 Å². The highest BCUT2D eigenvalue weighted by Gasteiger charge is 2.17. The summed E-state index contributed by atoms with van der Waals surface area (Å²) in [6.45, 7) is 2.14. The summed E-state index contributed by atoms with van der Waals surface area (Å²) >= 11 is 0. The molecule has 5 heteroatoms. The fraction of sp³-hybridized carbons (Fsp3) is 0.188. The monoisotopic (exact) mass is 303 g/mol. The number of hydroxylamine groups is 1. The van der Waals surface area contributed by atoms with Crippen molar-refractivity contribution in [2.45, 2.75) is 6.54 Å². The maximum absolute atomic E-state index is 10.0. The van der Waals surface area contributed by atoms with Crippen LogP contribution in [0.3, 0.4) is 0 Å². The summed E-state index contributed by atoms with van der Waals surface area (Å²) in [5.41, 5.74) is 3.41. The first kappa shape index (κ1) is 15.2. The van der Waals surface area contributed by atoms with Crippen molar-refractivity contribution in [1.29, 1.82) is 0 Å². The first-order valence-corrected chi connectivity index (χ1v) is 6.78. The van der Waals surface area contributed by atoms with Crippen LogP contribution >= 0.6 is 0 Å². The molecule has 1 fully saturated rings. The fourth-order valence-electron chi connectivity index (χ4n) is 2.34. The number of halogens is 1. The Bertz CT molecular complexity index is 620. The van der Waals surface area contributed by atoms with Crippen LogP contribution in [0.25, 0.3) is 11.1 Å². The standard InChI is InChI=1S/C16H17N3O.ClH/c20-19(16-17-9-10-18-16)12-13-5-4-8-15(11-13)14-6-2-1-3-7-14;/h1-8,11,20H,9-10,12H2,(H,17,18);1H. The molecule has 3 N–H and O–H groups in total. The van der Waals surface area contributed by atoms with E-state index in [1.807, 2.05) is 30.3 Å². The molecule has 0 atom stereocenters. The van der Waals surface area contributed by atoms with Gasteiger partial charge in [-0.3, -0.25) is 10.6 Å². The van der Waals surface area contributed by atoms with Crippen LogP contribution in [0, 0.1) is 0 Å². The highest BCUT2D eigenvalue weighted by molar-refractivity contribution is 5.76. The van der Waals surface area contributed by atoms with E-state index in [1.54, 1.807) is 0 Å². The SMILES string of the molecule is O[N+](Cc1cccc(-c2ccccc2)c1)=C1NCCN1.[Cl-]. The van der Waals surface area contributed by atoms with Crippen LogP contribution in [0.5, 0.6) is 0 Å². The van der Waals surface area contributed by atoms with E-state index in [9.17, 15) is 5.21 Å². The average Bonchev–Trinajstić information content (AvgIpc) is 3.03. The van der Waals surface area contributed by atoms with Gasteiger partial charge >= 0.3 is 5.96 Å².